The van der Waals surface area contributed by atoms with Gasteiger partial charge < -0.3 is 4.42 Å². The molecular formula is C32H18N4O. The molecule has 0 saturated heterocycles. The molecule has 2 aromatic heterocycles. The Hall–Kier alpha value is -5.34. The molecule has 0 aliphatic rings. The topological polar surface area (TPSA) is 75.6 Å². The normalized spacial score (nSPS) is 11.2. The van der Waals surface area contributed by atoms with E-state index < -0.39 is 0 Å². The van der Waals surface area contributed by atoms with Crippen molar-refractivity contribution in [2.45, 2.75) is 0 Å². The first-order chi connectivity index (χ1) is 18.3. The van der Waals surface area contributed by atoms with Crippen molar-refractivity contribution in [2.24, 2.45) is 0 Å². The molecular weight excluding hydrogens is 456 g/mol. The summed E-state index contributed by atoms with van der Waals surface area (Å²) in [5.74, 6) is 1.75. The predicted molar refractivity (Wildman–Crippen MR) is 146 cm³/mol. The number of nitrogens with zero attached hydrogens (tertiary/aromatic N) is 4. The molecule has 5 aromatic carbocycles. The summed E-state index contributed by atoms with van der Waals surface area (Å²) in [7, 11) is 0. The van der Waals surface area contributed by atoms with Crippen LogP contribution in [-0.2, 0) is 0 Å². The molecule has 7 rings (SSSR count). The van der Waals surface area contributed by atoms with Gasteiger partial charge in [-0.25, -0.2) is 15.0 Å². The third-order valence-electron chi connectivity index (χ3n) is 6.56. The molecule has 0 amide bonds. The van der Waals surface area contributed by atoms with Crippen LogP contribution in [0.3, 0.4) is 0 Å². The van der Waals surface area contributed by atoms with Crippen molar-refractivity contribution < 1.29 is 4.42 Å². The van der Waals surface area contributed by atoms with Gasteiger partial charge in [-0.1, -0.05) is 66.7 Å². The molecule has 0 saturated carbocycles. The van der Waals surface area contributed by atoms with Crippen LogP contribution in [-0.4, -0.2) is 15.0 Å². The number of rotatable bonds is 3. The van der Waals surface area contributed by atoms with E-state index >= 15 is 0 Å². The fraction of sp³-hybridized carbons (Fsp3) is 0. The fourth-order valence-corrected chi connectivity index (χ4v) is 4.74. The van der Waals surface area contributed by atoms with Crippen molar-refractivity contribution in [3.05, 3.63) is 115 Å². The van der Waals surface area contributed by atoms with E-state index in [1.165, 1.54) is 0 Å². The van der Waals surface area contributed by atoms with Crippen LogP contribution in [0.2, 0.25) is 0 Å². The standard InChI is InChI=1S/C32H18N4O/c33-19-20-10-12-22(13-11-20)31-34-30(21-6-2-1-3-7-21)35-32(36-31)24-14-16-25-23(18-24)15-17-28-29(25)26-8-4-5-9-27(26)37-28/h1-18H. The Kier molecular flexibility index (Phi) is 4.76. The first kappa shape index (κ1) is 21.0. The number of nitriles is 1. The maximum absolute atomic E-state index is 9.18. The molecule has 0 radical (unpaired) electrons. The highest BCUT2D eigenvalue weighted by atomic mass is 16.3. The monoisotopic (exact) mass is 474 g/mol. The summed E-state index contributed by atoms with van der Waals surface area (Å²) in [6.07, 6.45) is 0. The Bertz CT molecular complexity index is 1980. The highest BCUT2D eigenvalue weighted by Crippen LogP contribution is 2.36. The highest BCUT2D eigenvalue weighted by Gasteiger charge is 2.15. The van der Waals surface area contributed by atoms with Crippen LogP contribution in [0.25, 0.3) is 66.9 Å². The van der Waals surface area contributed by atoms with Gasteiger partial charge in [-0.3, -0.25) is 0 Å². The zero-order valence-corrected chi connectivity index (χ0v) is 19.6. The van der Waals surface area contributed by atoms with Crippen LogP contribution in [0.4, 0.5) is 0 Å². The van der Waals surface area contributed by atoms with Crippen LogP contribution in [0.5, 0.6) is 0 Å². The molecule has 172 valence electrons. The van der Waals surface area contributed by atoms with Gasteiger partial charge in [0.05, 0.1) is 11.6 Å². The molecule has 2 heterocycles. The van der Waals surface area contributed by atoms with E-state index in [-0.39, 0.29) is 0 Å². The Balaban J connectivity index is 1.42. The van der Waals surface area contributed by atoms with Crippen LogP contribution >= 0.6 is 0 Å². The van der Waals surface area contributed by atoms with Crippen LogP contribution < -0.4 is 0 Å². The summed E-state index contributed by atoms with van der Waals surface area (Å²) in [6.45, 7) is 0. The molecule has 7 aromatic rings. The van der Waals surface area contributed by atoms with E-state index in [1.54, 1.807) is 12.1 Å². The van der Waals surface area contributed by atoms with E-state index in [4.69, 9.17) is 19.4 Å². The molecule has 0 atom stereocenters. The lowest BCUT2D eigenvalue weighted by atomic mass is 10.0. The molecule has 5 heteroatoms. The zero-order chi connectivity index (χ0) is 24.8. The number of furan rings is 1. The minimum absolute atomic E-state index is 0.560. The first-order valence-corrected chi connectivity index (χ1v) is 11.9. The first-order valence-electron chi connectivity index (χ1n) is 11.9. The number of hydrogen-bond donors (Lipinski definition) is 0. The second-order valence-corrected chi connectivity index (χ2v) is 8.83. The van der Waals surface area contributed by atoms with Gasteiger partial charge in [0.2, 0.25) is 0 Å². The summed E-state index contributed by atoms with van der Waals surface area (Å²) in [5.41, 5.74) is 4.98. The molecule has 37 heavy (non-hydrogen) atoms. The quantitative estimate of drug-likeness (QED) is 0.261. The lowest BCUT2D eigenvalue weighted by molar-refractivity contribution is 0.669. The molecule has 0 aliphatic carbocycles. The van der Waals surface area contributed by atoms with Gasteiger partial charge in [0.1, 0.15) is 11.2 Å². The number of benzene rings is 5. The largest absolute Gasteiger partial charge is 0.456 e. The number of fused-ring (bicyclic) bond motifs is 5. The third-order valence-corrected chi connectivity index (χ3v) is 6.56. The van der Waals surface area contributed by atoms with Crippen molar-refractivity contribution >= 4 is 32.7 Å². The molecule has 0 unspecified atom stereocenters. The lowest BCUT2D eigenvalue weighted by Gasteiger charge is -2.09. The Morgan fingerprint density at radius 2 is 1.19 bits per heavy atom. The van der Waals surface area contributed by atoms with Gasteiger partial charge in [-0.15, -0.1) is 0 Å². The van der Waals surface area contributed by atoms with Crippen molar-refractivity contribution in [1.82, 2.24) is 15.0 Å². The van der Waals surface area contributed by atoms with Crippen LogP contribution in [0.1, 0.15) is 5.56 Å². The highest BCUT2D eigenvalue weighted by molar-refractivity contribution is 6.19. The van der Waals surface area contributed by atoms with Gasteiger partial charge in [0, 0.05) is 27.5 Å². The number of hydrogen-bond acceptors (Lipinski definition) is 5. The van der Waals surface area contributed by atoms with E-state index in [0.717, 1.165) is 49.4 Å². The summed E-state index contributed by atoms with van der Waals surface area (Å²) in [4.78, 5) is 14.5. The Morgan fingerprint density at radius 1 is 0.541 bits per heavy atom. The van der Waals surface area contributed by atoms with Crippen molar-refractivity contribution in [3.63, 3.8) is 0 Å². The maximum atomic E-state index is 9.18. The number of aromatic nitrogens is 3. The van der Waals surface area contributed by atoms with Crippen molar-refractivity contribution in [3.8, 4) is 40.2 Å². The third kappa shape index (κ3) is 3.60. The molecule has 0 N–H and O–H groups in total. The summed E-state index contributed by atoms with van der Waals surface area (Å²) in [6, 6.07) is 37.8. The fourth-order valence-electron chi connectivity index (χ4n) is 4.74. The van der Waals surface area contributed by atoms with Gasteiger partial charge >= 0.3 is 0 Å². The average molecular weight is 475 g/mol. The maximum Gasteiger partial charge on any atom is 0.164 e. The summed E-state index contributed by atoms with van der Waals surface area (Å²) < 4.78 is 6.07. The SMILES string of the molecule is N#Cc1ccc(-c2nc(-c3ccccc3)nc(-c3ccc4c(ccc5oc6ccccc6c54)c3)n2)cc1. The lowest BCUT2D eigenvalue weighted by Crippen LogP contribution is -2.00. The smallest absolute Gasteiger partial charge is 0.164 e. The Labute approximate surface area is 212 Å². The number of para-hydroxylation sites is 1. The zero-order valence-electron chi connectivity index (χ0n) is 19.6. The predicted octanol–water partition coefficient (Wildman–Crippen LogP) is 7.80. The second-order valence-electron chi connectivity index (χ2n) is 8.83. The summed E-state index contributed by atoms with van der Waals surface area (Å²) in [5, 5.41) is 13.6. The molecule has 0 fully saturated rings. The van der Waals surface area contributed by atoms with Gasteiger partial charge in [-0.2, -0.15) is 5.26 Å². The van der Waals surface area contributed by atoms with E-state index in [0.29, 0.717) is 23.0 Å². The van der Waals surface area contributed by atoms with E-state index in [9.17, 15) is 5.26 Å². The minimum Gasteiger partial charge on any atom is -0.456 e. The average Bonchev–Trinajstić information content (AvgIpc) is 3.36. The molecule has 0 aliphatic heterocycles. The van der Waals surface area contributed by atoms with Gasteiger partial charge in [0.15, 0.2) is 17.5 Å². The van der Waals surface area contributed by atoms with Crippen molar-refractivity contribution in [2.75, 3.05) is 0 Å². The van der Waals surface area contributed by atoms with Crippen LogP contribution in [0.15, 0.2) is 114 Å². The molecule has 0 spiro atoms. The second kappa shape index (κ2) is 8.40. The van der Waals surface area contributed by atoms with E-state index in [1.807, 2.05) is 66.7 Å². The van der Waals surface area contributed by atoms with Gasteiger partial charge in [-0.05, 0) is 53.2 Å². The van der Waals surface area contributed by atoms with E-state index in [2.05, 4.69) is 36.4 Å². The Morgan fingerprint density at radius 3 is 1.95 bits per heavy atom. The van der Waals surface area contributed by atoms with Crippen LogP contribution in [0, 0.1) is 11.3 Å². The molecule has 0 bridgehead atoms. The molecule has 5 nitrogen and oxygen atoms in total. The van der Waals surface area contributed by atoms with Gasteiger partial charge in [0.25, 0.3) is 0 Å². The minimum atomic E-state index is 0.560. The summed E-state index contributed by atoms with van der Waals surface area (Å²) >= 11 is 0. The van der Waals surface area contributed by atoms with Crippen molar-refractivity contribution in [1.29, 1.82) is 5.26 Å².